The molecule has 0 aromatic heterocycles. The lowest BCUT2D eigenvalue weighted by Gasteiger charge is -2.22. The minimum absolute atomic E-state index is 0.0638. The molecule has 0 radical (unpaired) electrons. The Bertz CT molecular complexity index is 275. The standard InChI is InChI=1S/C12H21F3N2O/c1-4-17-11(3,9-16)7-5-6-8-18-10(2)12(13,14)15/h10,17H,4-8H2,1-3H3. The smallest absolute Gasteiger partial charge is 0.369 e. The number of alkyl halides is 3. The quantitative estimate of drug-likeness (QED) is 0.687. The van der Waals surface area contributed by atoms with Crippen molar-refractivity contribution < 1.29 is 17.9 Å². The zero-order valence-electron chi connectivity index (χ0n) is 11.1. The van der Waals surface area contributed by atoms with Crippen LogP contribution in [0.1, 0.15) is 40.0 Å². The lowest BCUT2D eigenvalue weighted by molar-refractivity contribution is -0.214. The van der Waals surface area contributed by atoms with E-state index in [0.717, 1.165) is 6.92 Å². The van der Waals surface area contributed by atoms with E-state index in [2.05, 4.69) is 16.1 Å². The van der Waals surface area contributed by atoms with Gasteiger partial charge in [0.2, 0.25) is 0 Å². The third-order valence-electron chi connectivity index (χ3n) is 2.71. The molecule has 2 unspecified atom stereocenters. The van der Waals surface area contributed by atoms with Gasteiger partial charge in [0.05, 0.1) is 6.07 Å². The molecular formula is C12H21F3N2O. The van der Waals surface area contributed by atoms with E-state index in [1.165, 1.54) is 0 Å². The zero-order chi connectivity index (χ0) is 14.2. The topological polar surface area (TPSA) is 45.0 Å². The second-order valence-electron chi connectivity index (χ2n) is 4.49. The fraction of sp³-hybridized carbons (Fsp3) is 0.917. The van der Waals surface area contributed by atoms with E-state index >= 15 is 0 Å². The average Bonchev–Trinajstić information content (AvgIpc) is 2.27. The van der Waals surface area contributed by atoms with Gasteiger partial charge in [0.15, 0.2) is 6.10 Å². The molecule has 18 heavy (non-hydrogen) atoms. The molecule has 2 atom stereocenters. The molecule has 0 bridgehead atoms. The SMILES string of the molecule is CCNC(C)(C#N)CCCCOC(C)C(F)(F)F. The number of nitrogens with zero attached hydrogens (tertiary/aromatic N) is 1. The minimum Gasteiger partial charge on any atom is -0.369 e. The summed E-state index contributed by atoms with van der Waals surface area (Å²) in [4.78, 5) is 0. The van der Waals surface area contributed by atoms with Gasteiger partial charge in [-0.3, -0.25) is 5.32 Å². The fourth-order valence-electron chi connectivity index (χ4n) is 1.51. The molecule has 0 aliphatic rings. The molecule has 0 aromatic rings. The predicted octanol–water partition coefficient (Wildman–Crippen LogP) is 3.02. The fourth-order valence-corrected chi connectivity index (χ4v) is 1.51. The van der Waals surface area contributed by atoms with Crippen LogP contribution in [-0.2, 0) is 4.74 Å². The molecule has 0 aliphatic heterocycles. The molecule has 0 spiro atoms. The van der Waals surface area contributed by atoms with Gasteiger partial charge in [-0.1, -0.05) is 6.92 Å². The average molecular weight is 266 g/mol. The Morgan fingerprint density at radius 2 is 1.94 bits per heavy atom. The molecule has 106 valence electrons. The van der Waals surface area contributed by atoms with Crippen molar-refractivity contribution in [1.29, 1.82) is 5.26 Å². The summed E-state index contributed by atoms with van der Waals surface area (Å²) in [6, 6.07) is 2.17. The van der Waals surface area contributed by atoms with Gasteiger partial charge < -0.3 is 4.74 Å². The molecule has 0 saturated carbocycles. The first-order valence-electron chi connectivity index (χ1n) is 6.10. The second-order valence-corrected chi connectivity index (χ2v) is 4.49. The number of hydrogen-bond acceptors (Lipinski definition) is 3. The van der Waals surface area contributed by atoms with Crippen LogP contribution in [-0.4, -0.2) is 31.0 Å². The highest BCUT2D eigenvalue weighted by atomic mass is 19.4. The molecule has 0 fully saturated rings. The summed E-state index contributed by atoms with van der Waals surface area (Å²) < 4.78 is 41.1. The number of rotatable bonds is 8. The first-order valence-corrected chi connectivity index (χ1v) is 6.10. The van der Waals surface area contributed by atoms with Gasteiger partial charge in [0, 0.05) is 6.61 Å². The Labute approximate surface area is 106 Å². The highest BCUT2D eigenvalue weighted by molar-refractivity contribution is 5.03. The summed E-state index contributed by atoms with van der Waals surface area (Å²) in [7, 11) is 0. The van der Waals surface area contributed by atoms with Crippen LogP contribution in [0.4, 0.5) is 13.2 Å². The summed E-state index contributed by atoms with van der Waals surface area (Å²) in [6.45, 7) is 5.44. The van der Waals surface area contributed by atoms with E-state index in [1.807, 2.05) is 6.92 Å². The molecular weight excluding hydrogens is 245 g/mol. The van der Waals surface area contributed by atoms with E-state index in [9.17, 15) is 13.2 Å². The predicted molar refractivity (Wildman–Crippen MR) is 63.0 cm³/mol. The molecule has 0 saturated heterocycles. The molecule has 6 heteroatoms. The summed E-state index contributed by atoms with van der Waals surface area (Å²) >= 11 is 0. The van der Waals surface area contributed by atoms with Crippen LogP contribution in [0.3, 0.4) is 0 Å². The van der Waals surface area contributed by atoms with Gasteiger partial charge in [-0.15, -0.1) is 0 Å². The number of hydrogen-bond donors (Lipinski definition) is 1. The van der Waals surface area contributed by atoms with Crippen LogP contribution in [0.2, 0.25) is 0 Å². The van der Waals surface area contributed by atoms with Crippen molar-refractivity contribution in [2.45, 2.75) is 57.9 Å². The highest BCUT2D eigenvalue weighted by Gasteiger charge is 2.36. The molecule has 1 N–H and O–H groups in total. The number of nitriles is 1. The number of ether oxygens (including phenoxy) is 1. The first kappa shape index (κ1) is 17.2. The zero-order valence-corrected chi connectivity index (χ0v) is 11.1. The van der Waals surface area contributed by atoms with Crippen molar-refractivity contribution in [3.63, 3.8) is 0 Å². The normalized spacial score (nSPS) is 16.9. The number of unbranched alkanes of at least 4 members (excludes halogenated alkanes) is 1. The molecule has 0 amide bonds. The molecule has 3 nitrogen and oxygen atoms in total. The van der Waals surface area contributed by atoms with E-state index in [1.54, 1.807) is 6.92 Å². The van der Waals surface area contributed by atoms with Gasteiger partial charge in [-0.2, -0.15) is 18.4 Å². The van der Waals surface area contributed by atoms with Gasteiger partial charge in [0.1, 0.15) is 5.54 Å². The maximum Gasteiger partial charge on any atom is 0.414 e. The van der Waals surface area contributed by atoms with E-state index in [0.29, 0.717) is 25.8 Å². The van der Waals surface area contributed by atoms with Crippen molar-refractivity contribution in [2.75, 3.05) is 13.2 Å². The molecule has 0 rings (SSSR count). The van der Waals surface area contributed by atoms with Crippen molar-refractivity contribution in [3.8, 4) is 6.07 Å². The number of nitrogens with one attached hydrogen (secondary N) is 1. The largest absolute Gasteiger partial charge is 0.414 e. The summed E-state index contributed by atoms with van der Waals surface area (Å²) in [6.07, 6.45) is -4.26. The first-order chi connectivity index (χ1) is 8.25. The Balaban J connectivity index is 3.78. The van der Waals surface area contributed by atoms with Gasteiger partial charge in [-0.25, -0.2) is 0 Å². The lowest BCUT2D eigenvalue weighted by Crippen LogP contribution is -2.40. The van der Waals surface area contributed by atoms with Crippen LogP contribution in [0.25, 0.3) is 0 Å². The summed E-state index contributed by atoms with van der Waals surface area (Å²) in [5.74, 6) is 0. The summed E-state index contributed by atoms with van der Waals surface area (Å²) in [5, 5.41) is 12.0. The monoisotopic (exact) mass is 266 g/mol. The maximum absolute atomic E-state index is 12.1. The van der Waals surface area contributed by atoms with Crippen LogP contribution >= 0.6 is 0 Å². The maximum atomic E-state index is 12.1. The van der Waals surface area contributed by atoms with E-state index < -0.39 is 17.8 Å². The molecule has 0 heterocycles. The summed E-state index contributed by atoms with van der Waals surface area (Å²) in [5.41, 5.74) is -0.607. The van der Waals surface area contributed by atoms with Crippen LogP contribution in [0.5, 0.6) is 0 Å². The molecule has 0 aliphatic carbocycles. The Morgan fingerprint density at radius 3 is 2.39 bits per heavy atom. The van der Waals surface area contributed by atoms with Gasteiger partial charge in [-0.05, 0) is 39.7 Å². The van der Waals surface area contributed by atoms with E-state index in [-0.39, 0.29) is 6.61 Å². The van der Waals surface area contributed by atoms with Crippen molar-refractivity contribution in [2.24, 2.45) is 0 Å². The highest BCUT2D eigenvalue weighted by Crippen LogP contribution is 2.22. The van der Waals surface area contributed by atoms with Crippen molar-refractivity contribution >= 4 is 0 Å². The minimum atomic E-state index is -4.30. The third kappa shape index (κ3) is 6.82. The van der Waals surface area contributed by atoms with Crippen LogP contribution in [0.15, 0.2) is 0 Å². The second kappa shape index (κ2) is 7.59. The Kier molecular flexibility index (Phi) is 7.26. The lowest BCUT2D eigenvalue weighted by atomic mass is 9.97. The molecule has 0 aromatic carbocycles. The third-order valence-corrected chi connectivity index (χ3v) is 2.71. The van der Waals surface area contributed by atoms with Gasteiger partial charge >= 0.3 is 6.18 Å². The number of halogens is 3. The van der Waals surface area contributed by atoms with Crippen molar-refractivity contribution in [1.82, 2.24) is 5.32 Å². The van der Waals surface area contributed by atoms with Crippen molar-refractivity contribution in [3.05, 3.63) is 0 Å². The van der Waals surface area contributed by atoms with Crippen LogP contribution < -0.4 is 5.32 Å². The van der Waals surface area contributed by atoms with Crippen LogP contribution in [0, 0.1) is 11.3 Å². The van der Waals surface area contributed by atoms with E-state index in [4.69, 9.17) is 5.26 Å². The Morgan fingerprint density at radius 1 is 1.33 bits per heavy atom. The van der Waals surface area contributed by atoms with Gasteiger partial charge in [0.25, 0.3) is 0 Å². The Hall–Kier alpha value is -0.800.